The van der Waals surface area contributed by atoms with E-state index in [1.165, 1.54) is 21.8 Å². The average molecular weight is 432 g/mol. The van der Waals surface area contributed by atoms with E-state index in [0.717, 1.165) is 12.8 Å². The summed E-state index contributed by atoms with van der Waals surface area (Å²) < 4.78 is 0. The minimum absolute atomic E-state index is 0. The molecule has 144 valence electrons. The molecule has 0 spiro atoms. The van der Waals surface area contributed by atoms with Crippen LogP contribution in [-0.4, -0.2) is 29.3 Å². The second kappa shape index (κ2) is 9.01. The number of nitrogens with zero attached hydrogens (tertiary/aromatic N) is 3. The van der Waals surface area contributed by atoms with E-state index < -0.39 is 5.66 Å². The number of benzene rings is 2. The Balaban J connectivity index is 0.00000261. The summed E-state index contributed by atoms with van der Waals surface area (Å²) in [4.78, 5) is 14.0. The molecule has 0 radical (unpaired) electrons. The van der Waals surface area contributed by atoms with Crippen LogP contribution in [0.2, 0.25) is 0 Å². The molecule has 0 bridgehead atoms. The van der Waals surface area contributed by atoms with E-state index in [1.807, 2.05) is 19.9 Å². The van der Waals surface area contributed by atoms with Gasteiger partial charge < -0.3 is 11.5 Å². The number of guanidine groups is 2. The molecule has 6 nitrogen and oxygen atoms in total. The van der Waals surface area contributed by atoms with Gasteiger partial charge in [-0.3, -0.25) is 4.84 Å². The summed E-state index contributed by atoms with van der Waals surface area (Å²) in [5, 5.41) is 1.52. The van der Waals surface area contributed by atoms with Crippen LogP contribution in [0.1, 0.15) is 25.8 Å². The minimum Gasteiger partial charge on any atom is -0.368 e. The summed E-state index contributed by atoms with van der Waals surface area (Å²) in [6, 6.07) is 19.0. The van der Waals surface area contributed by atoms with Gasteiger partial charge in [-0.15, -0.1) is 17.0 Å². The maximum absolute atomic E-state index is 5.91. The van der Waals surface area contributed by atoms with Crippen LogP contribution >= 0.6 is 17.0 Å². The molecular formula is C20H26BrN5O. The van der Waals surface area contributed by atoms with Crippen molar-refractivity contribution < 1.29 is 4.84 Å². The third-order valence-electron chi connectivity index (χ3n) is 4.19. The van der Waals surface area contributed by atoms with Crippen LogP contribution in [-0.2, 0) is 11.3 Å². The van der Waals surface area contributed by atoms with Crippen molar-refractivity contribution in [3.63, 3.8) is 0 Å². The SMILES string of the molecule is Br.CC1(C)N=C(N)N=C(N)N1OCCCc1cccc(-c2ccccc2)c1. The number of hydrogen-bond donors (Lipinski definition) is 2. The molecule has 0 amide bonds. The topological polar surface area (TPSA) is 89.2 Å². The van der Waals surface area contributed by atoms with Gasteiger partial charge in [0.05, 0.1) is 6.61 Å². The van der Waals surface area contributed by atoms with Gasteiger partial charge in [0, 0.05) is 0 Å². The zero-order valence-electron chi connectivity index (χ0n) is 15.6. The summed E-state index contributed by atoms with van der Waals surface area (Å²) in [7, 11) is 0. The molecule has 3 rings (SSSR count). The van der Waals surface area contributed by atoms with Gasteiger partial charge in [0.2, 0.25) is 11.9 Å². The quantitative estimate of drug-likeness (QED) is 0.684. The van der Waals surface area contributed by atoms with Crippen LogP contribution < -0.4 is 11.5 Å². The standard InChI is InChI=1S/C20H25N5O.BrH/c1-20(2)24-18(21)23-19(22)25(20)26-13-7-9-15-8-6-12-17(14-15)16-10-4-3-5-11-16;/h3-6,8,10-12,14H,7,9,13H2,1-2H3,(H4,21,22,23,24);1H. The lowest BCUT2D eigenvalue weighted by atomic mass is 10.0. The smallest absolute Gasteiger partial charge is 0.226 e. The Kier molecular flexibility index (Phi) is 6.98. The molecule has 0 aromatic heterocycles. The van der Waals surface area contributed by atoms with Crippen LogP contribution in [0.15, 0.2) is 64.6 Å². The maximum Gasteiger partial charge on any atom is 0.226 e. The Morgan fingerprint density at radius 3 is 2.41 bits per heavy atom. The van der Waals surface area contributed by atoms with Crippen LogP contribution in [0, 0.1) is 0 Å². The summed E-state index contributed by atoms with van der Waals surface area (Å²) >= 11 is 0. The lowest BCUT2D eigenvalue weighted by molar-refractivity contribution is -0.157. The van der Waals surface area contributed by atoms with Gasteiger partial charge in [0.25, 0.3) is 0 Å². The Bertz CT molecular complexity index is 820. The number of aliphatic imine (C=N–C) groups is 2. The van der Waals surface area contributed by atoms with Crippen molar-refractivity contribution >= 4 is 28.9 Å². The zero-order chi connectivity index (χ0) is 18.6. The van der Waals surface area contributed by atoms with Crippen LogP contribution in [0.3, 0.4) is 0 Å². The molecule has 2 aromatic rings. The summed E-state index contributed by atoms with van der Waals surface area (Å²) in [6.45, 7) is 4.28. The van der Waals surface area contributed by atoms with Gasteiger partial charge in [-0.05, 0) is 43.4 Å². The van der Waals surface area contributed by atoms with Crippen LogP contribution in [0.5, 0.6) is 0 Å². The Labute approximate surface area is 170 Å². The average Bonchev–Trinajstić information content (AvgIpc) is 2.60. The highest BCUT2D eigenvalue weighted by molar-refractivity contribution is 8.93. The van der Waals surface area contributed by atoms with Gasteiger partial charge in [-0.2, -0.15) is 10.1 Å². The fourth-order valence-electron chi connectivity index (χ4n) is 2.99. The highest BCUT2D eigenvalue weighted by Gasteiger charge is 2.32. The van der Waals surface area contributed by atoms with Crippen molar-refractivity contribution in [2.24, 2.45) is 21.5 Å². The second-order valence-corrected chi connectivity index (χ2v) is 6.73. The predicted octanol–water partition coefficient (Wildman–Crippen LogP) is 3.48. The Morgan fingerprint density at radius 1 is 1.00 bits per heavy atom. The molecule has 0 saturated carbocycles. The fourth-order valence-corrected chi connectivity index (χ4v) is 2.99. The first-order chi connectivity index (χ1) is 12.5. The van der Waals surface area contributed by atoms with Crippen molar-refractivity contribution in [2.75, 3.05) is 6.61 Å². The first-order valence-electron chi connectivity index (χ1n) is 8.73. The van der Waals surface area contributed by atoms with E-state index in [2.05, 4.69) is 58.5 Å². The monoisotopic (exact) mass is 431 g/mol. The van der Waals surface area contributed by atoms with Crippen LogP contribution in [0.25, 0.3) is 11.1 Å². The summed E-state index contributed by atoms with van der Waals surface area (Å²) in [5.74, 6) is 0.402. The van der Waals surface area contributed by atoms with Crippen molar-refractivity contribution in [3.05, 3.63) is 60.2 Å². The normalized spacial score (nSPS) is 15.6. The zero-order valence-corrected chi connectivity index (χ0v) is 17.3. The second-order valence-electron chi connectivity index (χ2n) is 6.73. The van der Waals surface area contributed by atoms with Crippen molar-refractivity contribution in [1.29, 1.82) is 0 Å². The lowest BCUT2D eigenvalue weighted by Crippen LogP contribution is -2.53. The molecule has 0 saturated heterocycles. The predicted molar refractivity (Wildman–Crippen MR) is 116 cm³/mol. The molecule has 27 heavy (non-hydrogen) atoms. The van der Waals surface area contributed by atoms with Gasteiger partial charge >= 0.3 is 0 Å². The Morgan fingerprint density at radius 2 is 1.70 bits per heavy atom. The van der Waals surface area contributed by atoms with Gasteiger partial charge in [-0.25, -0.2) is 4.99 Å². The molecule has 1 heterocycles. The molecule has 1 aliphatic heterocycles. The molecule has 1 aliphatic rings. The maximum atomic E-state index is 5.91. The van der Waals surface area contributed by atoms with E-state index in [1.54, 1.807) is 0 Å². The highest BCUT2D eigenvalue weighted by Crippen LogP contribution is 2.22. The molecule has 0 fully saturated rings. The third kappa shape index (κ3) is 5.30. The first-order valence-corrected chi connectivity index (χ1v) is 8.73. The highest BCUT2D eigenvalue weighted by atomic mass is 79.9. The summed E-state index contributed by atoms with van der Waals surface area (Å²) in [6.07, 6.45) is 1.77. The lowest BCUT2D eigenvalue weighted by Gasteiger charge is -2.36. The van der Waals surface area contributed by atoms with E-state index in [-0.39, 0.29) is 28.9 Å². The van der Waals surface area contributed by atoms with Gasteiger partial charge in [0.15, 0.2) is 5.66 Å². The van der Waals surface area contributed by atoms with Gasteiger partial charge in [-0.1, -0.05) is 54.6 Å². The largest absolute Gasteiger partial charge is 0.368 e. The number of rotatable bonds is 6. The number of hydroxylamine groups is 2. The third-order valence-corrected chi connectivity index (χ3v) is 4.19. The molecule has 0 unspecified atom stereocenters. The number of nitrogens with two attached hydrogens (primary N) is 2. The molecule has 4 N–H and O–H groups in total. The number of halogens is 1. The van der Waals surface area contributed by atoms with Crippen molar-refractivity contribution in [1.82, 2.24) is 5.06 Å². The van der Waals surface area contributed by atoms with Crippen LogP contribution in [0.4, 0.5) is 0 Å². The molecule has 2 aromatic carbocycles. The van der Waals surface area contributed by atoms with E-state index in [4.69, 9.17) is 16.3 Å². The first kappa shape index (κ1) is 20.9. The van der Waals surface area contributed by atoms with E-state index in [0.29, 0.717) is 6.61 Å². The molecular weight excluding hydrogens is 406 g/mol. The van der Waals surface area contributed by atoms with E-state index >= 15 is 0 Å². The summed E-state index contributed by atoms with van der Waals surface area (Å²) in [5.41, 5.74) is 14.6. The Hall–Kier alpha value is -2.38. The van der Waals surface area contributed by atoms with Gasteiger partial charge in [0.1, 0.15) is 0 Å². The fraction of sp³-hybridized carbons (Fsp3) is 0.300. The molecule has 0 atom stereocenters. The van der Waals surface area contributed by atoms with E-state index in [9.17, 15) is 0 Å². The number of hydrogen-bond acceptors (Lipinski definition) is 6. The molecule has 7 heteroatoms. The number of aryl methyl sites for hydroxylation is 1. The van der Waals surface area contributed by atoms with Crippen molar-refractivity contribution in [3.8, 4) is 11.1 Å². The molecule has 0 aliphatic carbocycles. The minimum atomic E-state index is -0.664. The van der Waals surface area contributed by atoms with Crippen molar-refractivity contribution in [2.45, 2.75) is 32.4 Å².